The molecule has 1 aliphatic heterocycles. The van der Waals surface area contributed by atoms with Crippen LogP contribution in [0.2, 0.25) is 0 Å². The number of hydrogen-bond acceptors (Lipinski definition) is 7. The molecule has 2 aromatic rings. The van der Waals surface area contributed by atoms with E-state index < -0.39 is 9.84 Å². The summed E-state index contributed by atoms with van der Waals surface area (Å²) in [7, 11) is 0.898. The number of hydrogen-bond donors (Lipinski definition) is 0. The van der Waals surface area contributed by atoms with Crippen LogP contribution in [0.25, 0.3) is 10.7 Å². The van der Waals surface area contributed by atoms with E-state index >= 15 is 0 Å². The average molecular weight is 423 g/mol. The quantitative estimate of drug-likeness (QED) is 0.679. The summed E-state index contributed by atoms with van der Waals surface area (Å²) in [6, 6.07) is 5.32. The van der Waals surface area contributed by atoms with Gasteiger partial charge in [0.15, 0.2) is 9.84 Å². The topological polar surface area (TPSA) is 83.5 Å². The fraction of sp³-hybridized carbons (Fsp3) is 0.526. The Balaban J connectivity index is 1.85. The van der Waals surface area contributed by atoms with Crippen molar-refractivity contribution in [2.24, 2.45) is 0 Å². The van der Waals surface area contributed by atoms with Gasteiger partial charge in [-0.05, 0) is 52.5 Å². The minimum atomic E-state index is -3.07. The zero-order valence-corrected chi connectivity index (χ0v) is 18.1. The Kier molecular flexibility index (Phi) is 6.47. The van der Waals surface area contributed by atoms with E-state index in [0.717, 1.165) is 18.7 Å². The number of rotatable bonds is 7. The van der Waals surface area contributed by atoms with Gasteiger partial charge in [-0.25, -0.2) is 13.4 Å². The number of sulfone groups is 1. The molecule has 9 heteroatoms. The van der Waals surface area contributed by atoms with Crippen molar-refractivity contribution in [1.82, 2.24) is 19.8 Å². The van der Waals surface area contributed by atoms with Crippen molar-refractivity contribution in [2.45, 2.75) is 25.8 Å². The predicted octanol–water partition coefficient (Wildman–Crippen LogP) is 2.09. The standard InChI is InChI=1S/C19H26N4O3S2/c1-14-17(27-18(21-14)16-7-4-5-9-20-16)19(24)23(11-6-10-22(2)3)15-8-12-28(25,26)13-15/h4-5,7,9,15H,6,8,10-13H2,1-3H3. The predicted molar refractivity (Wildman–Crippen MR) is 111 cm³/mol. The van der Waals surface area contributed by atoms with Gasteiger partial charge in [-0.15, -0.1) is 11.3 Å². The van der Waals surface area contributed by atoms with Crippen molar-refractivity contribution in [3.05, 3.63) is 35.0 Å². The van der Waals surface area contributed by atoms with Crippen LogP contribution in [0.4, 0.5) is 0 Å². The lowest BCUT2D eigenvalue weighted by Crippen LogP contribution is -2.42. The fourth-order valence-electron chi connectivity index (χ4n) is 3.35. The highest BCUT2D eigenvalue weighted by Crippen LogP contribution is 2.29. The molecule has 0 saturated carbocycles. The number of carbonyl (C=O) groups is 1. The molecule has 1 aliphatic rings. The third-order valence-corrected chi connectivity index (χ3v) is 7.71. The molecule has 0 aromatic carbocycles. The molecule has 3 rings (SSSR count). The number of thiazole rings is 1. The van der Waals surface area contributed by atoms with Gasteiger partial charge in [-0.3, -0.25) is 9.78 Å². The second kappa shape index (κ2) is 8.67. The molecule has 0 bridgehead atoms. The van der Waals surface area contributed by atoms with E-state index in [-0.39, 0.29) is 23.5 Å². The Bertz CT molecular complexity index is 926. The van der Waals surface area contributed by atoms with Crippen molar-refractivity contribution in [3.8, 4) is 10.7 Å². The van der Waals surface area contributed by atoms with Crippen LogP contribution in [0.1, 0.15) is 28.2 Å². The maximum absolute atomic E-state index is 13.4. The molecule has 0 radical (unpaired) electrons. The molecule has 28 heavy (non-hydrogen) atoms. The van der Waals surface area contributed by atoms with Gasteiger partial charge >= 0.3 is 0 Å². The summed E-state index contributed by atoms with van der Waals surface area (Å²) < 4.78 is 24.0. The highest BCUT2D eigenvalue weighted by Gasteiger charge is 2.36. The van der Waals surface area contributed by atoms with Gasteiger partial charge < -0.3 is 9.80 Å². The number of carbonyl (C=O) groups excluding carboxylic acids is 1. The van der Waals surface area contributed by atoms with Gasteiger partial charge in [0.2, 0.25) is 0 Å². The maximum Gasteiger partial charge on any atom is 0.266 e. The highest BCUT2D eigenvalue weighted by molar-refractivity contribution is 7.91. The van der Waals surface area contributed by atoms with Gasteiger partial charge in [-0.2, -0.15) is 0 Å². The minimum Gasteiger partial charge on any atom is -0.334 e. The summed E-state index contributed by atoms with van der Waals surface area (Å²) in [4.78, 5) is 26.6. The lowest BCUT2D eigenvalue weighted by atomic mass is 10.2. The van der Waals surface area contributed by atoms with E-state index in [4.69, 9.17) is 0 Å². The number of aromatic nitrogens is 2. The Hall–Kier alpha value is -1.84. The van der Waals surface area contributed by atoms with Crippen molar-refractivity contribution >= 4 is 27.1 Å². The smallest absolute Gasteiger partial charge is 0.266 e. The van der Waals surface area contributed by atoms with E-state index in [9.17, 15) is 13.2 Å². The molecule has 1 unspecified atom stereocenters. The van der Waals surface area contributed by atoms with Crippen LogP contribution in [0.5, 0.6) is 0 Å². The summed E-state index contributed by atoms with van der Waals surface area (Å²) >= 11 is 1.32. The minimum absolute atomic E-state index is 0.0473. The Morgan fingerprint density at radius 3 is 2.68 bits per heavy atom. The van der Waals surface area contributed by atoms with Crippen molar-refractivity contribution in [1.29, 1.82) is 0 Å². The lowest BCUT2D eigenvalue weighted by molar-refractivity contribution is 0.0694. The van der Waals surface area contributed by atoms with Gasteiger partial charge in [0.1, 0.15) is 9.88 Å². The highest BCUT2D eigenvalue weighted by atomic mass is 32.2. The molecular formula is C19H26N4O3S2. The van der Waals surface area contributed by atoms with Crippen LogP contribution >= 0.6 is 11.3 Å². The van der Waals surface area contributed by atoms with Gasteiger partial charge in [-0.1, -0.05) is 6.07 Å². The van der Waals surface area contributed by atoms with E-state index in [1.54, 1.807) is 11.1 Å². The largest absolute Gasteiger partial charge is 0.334 e. The van der Waals surface area contributed by atoms with Crippen molar-refractivity contribution in [3.63, 3.8) is 0 Å². The molecular weight excluding hydrogens is 396 g/mol. The molecule has 152 valence electrons. The van der Waals surface area contributed by atoms with Crippen LogP contribution in [-0.2, 0) is 9.84 Å². The Morgan fingerprint density at radius 1 is 1.29 bits per heavy atom. The summed E-state index contributed by atoms with van der Waals surface area (Å²) in [5, 5.41) is 0.703. The zero-order chi connectivity index (χ0) is 20.3. The van der Waals surface area contributed by atoms with Crippen molar-refractivity contribution < 1.29 is 13.2 Å². The first kappa shape index (κ1) is 20.9. The van der Waals surface area contributed by atoms with Crippen LogP contribution in [0.3, 0.4) is 0 Å². The summed E-state index contributed by atoms with van der Waals surface area (Å²) in [6.07, 6.45) is 2.99. The normalized spacial score (nSPS) is 18.5. The van der Waals surface area contributed by atoms with Gasteiger partial charge in [0.05, 0.1) is 22.9 Å². The molecule has 0 N–H and O–H groups in total. The van der Waals surface area contributed by atoms with E-state index in [2.05, 4.69) is 14.9 Å². The molecule has 0 aliphatic carbocycles. The van der Waals surface area contributed by atoms with E-state index in [0.29, 0.717) is 28.5 Å². The second-order valence-electron chi connectivity index (χ2n) is 7.36. The van der Waals surface area contributed by atoms with E-state index in [1.165, 1.54) is 11.3 Å². The number of aryl methyl sites for hydroxylation is 1. The first-order valence-electron chi connectivity index (χ1n) is 9.32. The van der Waals surface area contributed by atoms with Crippen LogP contribution in [-0.4, -0.2) is 78.8 Å². The molecule has 7 nitrogen and oxygen atoms in total. The van der Waals surface area contributed by atoms with Crippen LogP contribution in [0, 0.1) is 6.92 Å². The van der Waals surface area contributed by atoms with Crippen LogP contribution < -0.4 is 0 Å². The number of nitrogens with zero attached hydrogens (tertiary/aromatic N) is 4. The zero-order valence-electron chi connectivity index (χ0n) is 16.5. The molecule has 1 fully saturated rings. The molecule has 0 spiro atoms. The fourth-order valence-corrected chi connectivity index (χ4v) is 6.08. The first-order chi connectivity index (χ1) is 13.3. The van der Waals surface area contributed by atoms with Gasteiger partial charge in [0, 0.05) is 18.8 Å². The summed E-state index contributed by atoms with van der Waals surface area (Å²) in [5.74, 6) is 0.0693. The first-order valence-corrected chi connectivity index (χ1v) is 12.0. The molecule has 3 heterocycles. The van der Waals surface area contributed by atoms with Crippen molar-refractivity contribution in [2.75, 3.05) is 38.7 Å². The van der Waals surface area contributed by atoms with E-state index in [1.807, 2.05) is 39.2 Å². The Morgan fingerprint density at radius 2 is 2.07 bits per heavy atom. The average Bonchev–Trinajstić information content (AvgIpc) is 3.21. The van der Waals surface area contributed by atoms with Gasteiger partial charge in [0.25, 0.3) is 5.91 Å². The number of amides is 1. The lowest BCUT2D eigenvalue weighted by Gasteiger charge is -2.28. The maximum atomic E-state index is 13.4. The van der Waals surface area contributed by atoms with Crippen LogP contribution in [0.15, 0.2) is 24.4 Å². The third kappa shape index (κ3) is 4.95. The monoisotopic (exact) mass is 422 g/mol. The molecule has 1 amide bonds. The molecule has 1 atom stereocenters. The second-order valence-corrected chi connectivity index (χ2v) is 10.6. The summed E-state index contributed by atoms with van der Waals surface area (Å²) in [6.45, 7) is 3.19. The molecule has 1 saturated heterocycles. The number of pyridine rings is 1. The SMILES string of the molecule is Cc1nc(-c2ccccn2)sc1C(=O)N(CCCN(C)C)C1CCS(=O)(=O)C1. The Labute approximate surface area is 170 Å². The third-order valence-electron chi connectivity index (χ3n) is 4.79. The summed E-state index contributed by atoms with van der Waals surface area (Å²) in [5.41, 5.74) is 1.39. The molecule has 2 aromatic heterocycles.